The number of azide groups is 1. The van der Waals surface area contributed by atoms with E-state index in [0.717, 1.165) is 51.4 Å². The Hall–Kier alpha value is -2.25. The quantitative estimate of drug-likeness (QED) is 0.136. The van der Waals surface area contributed by atoms with Crippen molar-refractivity contribution in [1.82, 2.24) is 5.32 Å². The minimum atomic E-state index is -0.393. The number of methoxy groups -OCH3 is 1. The smallest absolute Gasteiger partial charge is 0.407 e. The number of rotatable bonds is 8. The molecule has 0 aromatic rings. The first-order valence-electron chi connectivity index (χ1n) is 14.5. The normalized spacial score (nSPS) is 42.3. The highest BCUT2D eigenvalue weighted by molar-refractivity contribution is 5.69. The van der Waals surface area contributed by atoms with Gasteiger partial charge < -0.3 is 20.5 Å². The zero-order valence-corrected chi connectivity index (χ0v) is 23.6. The van der Waals surface area contributed by atoms with Gasteiger partial charge in [0.1, 0.15) is 6.61 Å². The first-order valence-corrected chi connectivity index (χ1v) is 14.5. The summed E-state index contributed by atoms with van der Waals surface area (Å²) < 4.78 is 10.3. The van der Waals surface area contributed by atoms with E-state index in [1.165, 1.54) is 7.11 Å². The van der Waals surface area contributed by atoms with Crippen LogP contribution in [0.15, 0.2) is 17.8 Å². The van der Waals surface area contributed by atoms with Gasteiger partial charge >= 0.3 is 12.1 Å². The number of esters is 1. The Labute approximate surface area is 227 Å². The molecule has 4 aliphatic rings. The number of carbonyl (C=O) groups is 2. The van der Waals surface area contributed by atoms with Crippen LogP contribution in [0.25, 0.3) is 10.4 Å². The largest absolute Gasteiger partial charge is 0.469 e. The zero-order chi connectivity index (χ0) is 27.7. The van der Waals surface area contributed by atoms with Crippen molar-refractivity contribution in [3.8, 4) is 0 Å². The molecule has 0 aromatic heterocycles. The van der Waals surface area contributed by atoms with Crippen LogP contribution in [0.1, 0.15) is 78.6 Å². The van der Waals surface area contributed by atoms with Crippen molar-refractivity contribution in [3.05, 3.63) is 23.1 Å². The number of alkyl carbamates (subject to hydrolysis) is 1. The number of nitrogens with two attached hydrogens (primary N) is 1. The highest BCUT2D eigenvalue weighted by Crippen LogP contribution is 2.68. The fourth-order valence-electron chi connectivity index (χ4n) is 9.62. The van der Waals surface area contributed by atoms with E-state index in [1.807, 2.05) is 0 Å². The maximum atomic E-state index is 12.9. The highest BCUT2D eigenvalue weighted by atomic mass is 16.5. The topological polar surface area (TPSA) is 139 Å². The summed E-state index contributed by atoms with van der Waals surface area (Å²) in [6.45, 7) is 10.9. The number of hydrogen-bond donors (Lipinski definition) is 2. The maximum absolute atomic E-state index is 12.9. The summed E-state index contributed by atoms with van der Waals surface area (Å²) in [5, 5.41) is 7.38. The Kier molecular flexibility index (Phi) is 8.68. The molecule has 0 aromatic carbocycles. The van der Waals surface area contributed by atoms with E-state index < -0.39 is 6.09 Å². The molecule has 4 fully saturated rings. The molecule has 1 amide bonds. The van der Waals surface area contributed by atoms with Crippen LogP contribution in [0.4, 0.5) is 4.79 Å². The van der Waals surface area contributed by atoms with Gasteiger partial charge in [-0.3, -0.25) is 4.79 Å². The van der Waals surface area contributed by atoms with Crippen molar-refractivity contribution in [2.24, 2.45) is 57.2 Å². The zero-order valence-electron chi connectivity index (χ0n) is 23.6. The fourth-order valence-corrected chi connectivity index (χ4v) is 9.62. The monoisotopic (exact) mass is 529 g/mol. The summed E-state index contributed by atoms with van der Waals surface area (Å²) >= 11 is 0. The molecule has 0 spiro atoms. The molecule has 9 nitrogen and oxygen atoms in total. The Bertz CT molecular complexity index is 953. The number of amides is 1. The van der Waals surface area contributed by atoms with Crippen LogP contribution in [0.2, 0.25) is 0 Å². The molecule has 4 rings (SSSR count). The van der Waals surface area contributed by atoms with Crippen LogP contribution < -0.4 is 11.1 Å². The predicted molar refractivity (Wildman–Crippen MR) is 146 cm³/mol. The first-order chi connectivity index (χ1) is 18.1. The van der Waals surface area contributed by atoms with E-state index in [4.69, 9.17) is 20.7 Å². The summed E-state index contributed by atoms with van der Waals surface area (Å²) in [5.74, 6) is 2.08. The lowest BCUT2D eigenvalue weighted by atomic mass is 9.42. The van der Waals surface area contributed by atoms with Crippen molar-refractivity contribution < 1.29 is 19.1 Å². The third-order valence-electron chi connectivity index (χ3n) is 11.5. The van der Waals surface area contributed by atoms with Gasteiger partial charge in [-0.05, 0) is 103 Å². The van der Waals surface area contributed by atoms with Gasteiger partial charge in [0.05, 0.1) is 7.11 Å². The van der Waals surface area contributed by atoms with Gasteiger partial charge in [-0.1, -0.05) is 38.5 Å². The van der Waals surface area contributed by atoms with Crippen molar-refractivity contribution in [2.75, 3.05) is 13.7 Å². The molecule has 0 bridgehead atoms. The van der Waals surface area contributed by atoms with E-state index in [-0.39, 0.29) is 41.5 Å². The summed E-state index contributed by atoms with van der Waals surface area (Å²) in [7, 11) is 1.44. The first kappa shape index (κ1) is 28.8. The summed E-state index contributed by atoms with van der Waals surface area (Å²) in [6.07, 6.45) is 9.18. The highest BCUT2D eigenvalue weighted by Gasteiger charge is 2.65. The Morgan fingerprint density at radius 2 is 2.00 bits per heavy atom. The third-order valence-corrected chi connectivity index (χ3v) is 11.5. The van der Waals surface area contributed by atoms with E-state index in [0.29, 0.717) is 41.9 Å². The van der Waals surface area contributed by atoms with Crippen molar-refractivity contribution in [3.63, 3.8) is 0 Å². The molecule has 11 atom stereocenters. The second kappa shape index (κ2) is 11.5. The lowest BCUT2D eigenvalue weighted by Crippen LogP contribution is -2.66. The average Bonchev–Trinajstić information content (AvgIpc) is 3.25. The van der Waals surface area contributed by atoms with Crippen molar-refractivity contribution in [1.29, 1.82) is 0 Å². The Balaban J connectivity index is 1.66. The summed E-state index contributed by atoms with van der Waals surface area (Å²) in [4.78, 5) is 27.9. The molecule has 38 heavy (non-hydrogen) atoms. The molecule has 3 N–H and O–H groups in total. The molecule has 0 saturated heterocycles. The second-order valence-corrected chi connectivity index (χ2v) is 13.0. The second-order valence-electron chi connectivity index (χ2n) is 13.0. The van der Waals surface area contributed by atoms with Gasteiger partial charge in [0.2, 0.25) is 0 Å². The van der Waals surface area contributed by atoms with Crippen molar-refractivity contribution in [2.45, 2.75) is 96.7 Å². The van der Waals surface area contributed by atoms with E-state index in [9.17, 15) is 9.59 Å². The molecule has 4 aliphatic carbocycles. The van der Waals surface area contributed by atoms with Gasteiger partial charge in [0.15, 0.2) is 0 Å². The summed E-state index contributed by atoms with van der Waals surface area (Å²) in [5.41, 5.74) is 16.0. The van der Waals surface area contributed by atoms with Gasteiger partial charge in [0, 0.05) is 29.5 Å². The molecule has 0 radical (unpaired) electrons. The number of hydrogen-bond acceptors (Lipinski definition) is 6. The number of nitrogens with one attached hydrogen (secondary N) is 1. The minimum absolute atomic E-state index is 0.0447. The Morgan fingerprint density at radius 3 is 2.68 bits per heavy atom. The SMILES string of the molecule is C=CCOC(=O)N[C@H]1C[C@H]2[C@@H]([C@H](N)C[C@@H]3C[C@H](N=[N+]=[N-])CC[C@@]32C)[C@@H]2CC[C@H]([C@H](C)CCC(=O)OC)[C@@]12C. The van der Waals surface area contributed by atoms with Gasteiger partial charge in [-0.15, -0.1) is 0 Å². The number of fused-ring (bicyclic) bond motifs is 5. The molecule has 4 saturated carbocycles. The molecule has 212 valence electrons. The number of carbonyl (C=O) groups excluding carboxylic acids is 2. The van der Waals surface area contributed by atoms with E-state index in [1.54, 1.807) is 6.08 Å². The van der Waals surface area contributed by atoms with Crippen LogP contribution in [-0.2, 0) is 14.3 Å². The van der Waals surface area contributed by atoms with Crippen LogP contribution in [0.3, 0.4) is 0 Å². The van der Waals surface area contributed by atoms with Crippen molar-refractivity contribution >= 4 is 12.1 Å². The Morgan fingerprint density at radius 1 is 1.24 bits per heavy atom. The van der Waals surface area contributed by atoms with Gasteiger partial charge in [-0.25, -0.2) is 4.79 Å². The predicted octanol–water partition coefficient (Wildman–Crippen LogP) is 5.74. The number of nitrogens with zero attached hydrogens (tertiary/aromatic N) is 3. The molecule has 9 heteroatoms. The molecule has 0 heterocycles. The molecular weight excluding hydrogens is 482 g/mol. The molecule has 0 unspecified atom stereocenters. The maximum Gasteiger partial charge on any atom is 0.407 e. The fraction of sp³-hybridized carbons (Fsp3) is 0.862. The lowest BCUT2D eigenvalue weighted by Gasteiger charge is -2.64. The van der Waals surface area contributed by atoms with Crippen LogP contribution >= 0.6 is 0 Å². The lowest BCUT2D eigenvalue weighted by molar-refractivity contribution is -0.142. The standard InChI is InChI=1S/C29H47N5O4/c1-6-13-38-27(36)32-24-16-22-26(23(30)15-18-14-19(33-34-31)11-12-28(18,22)3)21-9-8-20(29(21,24)4)17(2)7-10-25(35)37-5/h6,17-24,26H,1,7-16,30H2,2-5H3,(H,32,36)/t17-,18+,19-,20-,21+,22+,23-,24+,26+,28+,29-/m1/s1. The van der Waals surface area contributed by atoms with Crippen LogP contribution in [0.5, 0.6) is 0 Å². The third kappa shape index (κ3) is 5.04. The van der Waals surface area contributed by atoms with E-state index in [2.05, 4.69) is 42.7 Å². The van der Waals surface area contributed by atoms with E-state index >= 15 is 0 Å². The minimum Gasteiger partial charge on any atom is -0.469 e. The van der Waals surface area contributed by atoms with Gasteiger partial charge in [0.25, 0.3) is 0 Å². The average molecular weight is 530 g/mol. The van der Waals surface area contributed by atoms with Crippen LogP contribution in [-0.4, -0.2) is 43.9 Å². The summed E-state index contributed by atoms with van der Waals surface area (Å²) in [6, 6.07) is 0.0896. The molecular formula is C29H47N5O4. The molecule has 0 aliphatic heterocycles. The van der Waals surface area contributed by atoms with Gasteiger partial charge in [-0.2, -0.15) is 0 Å². The van der Waals surface area contributed by atoms with Crippen LogP contribution in [0, 0.1) is 46.3 Å². The number of ether oxygens (including phenoxy) is 2.